The van der Waals surface area contributed by atoms with E-state index in [1.54, 1.807) is 0 Å². The molecule has 1 N–H and O–H groups in total. The first kappa shape index (κ1) is 65.0. The van der Waals surface area contributed by atoms with Crippen LogP contribution >= 0.6 is 0 Å². The summed E-state index contributed by atoms with van der Waals surface area (Å²) in [4.78, 5) is 21.2. The minimum absolute atomic E-state index is 0.0113. The molecule has 0 atom stereocenters. The Morgan fingerprint density at radius 2 is 0.771 bits per heavy atom. The predicted molar refractivity (Wildman–Crippen MR) is 342 cm³/mol. The number of nitrogens with one attached hydrogen (secondary N) is 1. The molecule has 0 fully saturated rings. The van der Waals surface area contributed by atoms with E-state index < -0.39 is 0 Å². The molecule has 83 heavy (non-hydrogen) atoms. The number of benzene rings is 7. The van der Waals surface area contributed by atoms with Gasteiger partial charge in [0.25, 0.3) is 5.91 Å². The van der Waals surface area contributed by atoms with Crippen LogP contribution < -0.4 is 29.0 Å². The van der Waals surface area contributed by atoms with Crippen LogP contribution in [0.25, 0.3) is 0 Å². The lowest BCUT2D eigenvalue weighted by molar-refractivity contribution is 0.0720. The van der Waals surface area contributed by atoms with Gasteiger partial charge in [0, 0.05) is 44.8 Å². The van der Waals surface area contributed by atoms with Crippen molar-refractivity contribution in [1.29, 1.82) is 0 Å². The Morgan fingerprint density at radius 3 is 1.20 bits per heavy atom. The van der Waals surface area contributed by atoms with Crippen LogP contribution in [0.2, 0.25) is 0 Å². The molecule has 7 aromatic carbocycles. The molecular formula is C73H96N4O6. The summed E-state index contributed by atoms with van der Waals surface area (Å²) >= 11 is 0. The highest BCUT2D eigenvalue weighted by molar-refractivity contribution is 5.94. The minimum atomic E-state index is 0.0113. The number of ether oxygens (including phenoxy) is 5. The predicted octanol–water partition coefficient (Wildman–Crippen LogP) is 16.4. The van der Waals surface area contributed by atoms with Gasteiger partial charge in [-0.05, 0) is 140 Å². The molecule has 1 amide bonds. The standard InChI is InChI=1S/C42H54N2O4.C31H42N2O2/c1-4-7-26-43(27-8-5-2)28-29-44(42(45)38-21-23-39(24-22-38)46-30-9-6-3)32-37-20-25-40(47-33-35-16-12-10-13-17-35)41(31-37)48-34-36-18-14-11-15-19-36;1-3-5-20-33(21-6-4-2)22-19-32-24-29-17-18-30(34-25-27-13-9-7-10-14-27)31(23-29)35-26-28-15-11-8-12-16-28/h10-25,31H,4-9,26-30,32-34H2,1-3H3;7-18,23,32H,3-6,19-22,24-26H2,1-2H3. The third-order valence-electron chi connectivity index (χ3n) is 14.4. The lowest BCUT2D eigenvalue weighted by Gasteiger charge is -2.28. The van der Waals surface area contributed by atoms with E-state index in [4.69, 9.17) is 23.7 Å². The molecular weight excluding hydrogens is 1030 g/mol. The summed E-state index contributed by atoms with van der Waals surface area (Å²) in [6.07, 6.45) is 11.8. The van der Waals surface area contributed by atoms with Gasteiger partial charge in [0.15, 0.2) is 23.0 Å². The van der Waals surface area contributed by atoms with Gasteiger partial charge in [-0.3, -0.25) is 4.79 Å². The third kappa shape index (κ3) is 25.1. The van der Waals surface area contributed by atoms with Crippen LogP contribution in [0.5, 0.6) is 28.7 Å². The highest BCUT2D eigenvalue weighted by Gasteiger charge is 2.20. The molecule has 7 rings (SSSR count). The number of carbonyl (C=O) groups is 1. The average molecular weight is 1130 g/mol. The topological polar surface area (TPSA) is 85.0 Å². The third-order valence-corrected chi connectivity index (χ3v) is 14.4. The van der Waals surface area contributed by atoms with Crippen molar-refractivity contribution in [2.75, 3.05) is 59.0 Å². The van der Waals surface area contributed by atoms with Crippen molar-refractivity contribution >= 4 is 5.91 Å². The molecule has 10 heteroatoms. The minimum Gasteiger partial charge on any atom is -0.494 e. The van der Waals surface area contributed by atoms with Crippen molar-refractivity contribution in [3.05, 3.63) is 221 Å². The second-order valence-electron chi connectivity index (χ2n) is 21.4. The van der Waals surface area contributed by atoms with E-state index in [1.807, 2.05) is 126 Å². The van der Waals surface area contributed by atoms with Gasteiger partial charge < -0.3 is 43.7 Å². The highest BCUT2D eigenvalue weighted by atomic mass is 16.5. The van der Waals surface area contributed by atoms with E-state index in [1.165, 1.54) is 44.3 Å². The van der Waals surface area contributed by atoms with Gasteiger partial charge >= 0.3 is 0 Å². The molecule has 0 spiro atoms. The van der Waals surface area contributed by atoms with Crippen molar-refractivity contribution in [3.8, 4) is 28.7 Å². The Hall–Kier alpha value is -7.11. The van der Waals surface area contributed by atoms with Crippen molar-refractivity contribution < 1.29 is 28.5 Å². The molecule has 0 saturated carbocycles. The molecule has 0 saturated heterocycles. The Bertz CT molecular complexity index is 2770. The van der Waals surface area contributed by atoms with Crippen LogP contribution in [-0.2, 0) is 39.5 Å². The summed E-state index contributed by atoms with van der Waals surface area (Å²) in [6.45, 7) is 23.0. The quantitative estimate of drug-likeness (QED) is 0.0379. The smallest absolute Gasteiger partial charge is 0.254 e. The summed E-state index contributed by atoms with van der Waals surface area (Å²) in [5.41, 5.74) is 7.31. The number of unbranched alkanes of at least 4 members (excludes halogenated alkanes) is 5. The zero-order valence-corrected chi connectivity index (χ0v) is 50.8. The summed E-state index contributed by atoms with van der Waals surface area (Å²) in [5.74, 6) is 3.72. The van der Waals surface area contributed by atoms with Crippen molar-refractivity contribution in [3.63, 3.8) is 0 Å². The molecule has 7 aromatic rings. The summed E-state index contributed by atoms with van der Waals surface area (Å²) < 4.78 is 30.9. The van der Waals surface area contributed by atoms with Gasteiger partial charge in [-0.25, -0.2) is 0 Å². The summed E-state index contributed by atoms with van der Waals surface area (Å²) in [6, 6.07) is 60.7. The monoisotopic (exact) mass is 1120 g/mol. The molecule has 0 unspecified atom stereocenters. The van der Waals surface area contributed by atoms with E-state index in [2.05, 4.69) is 110 Å². The van der Waals surface area contributed by atoms with Crippen LogP contribution in [0.1, 0.15) is 143 Å². The second-order valence-corrected chi connectivity index (χ2v) is 21.4. The molecule has 0 aliphatic heterocycles. The number of hydrogen-bond acceptors (Lipinski definition) is 9. The van der Waals surface area contributed by atoms with Gasteiger partial charge in [-0.1, -0.05) is 200 Å². The Morgan fingerprint density at radius 1 is 0.373 bits per heavy atom. The van der Waals surface area contributed by atoms with Crippen LogP contribution in [0.4, 0.5) is 0 Å². The number of carbonyl (C=O) groups excluding carboxylic acids is 1. The maximum Gasteiger partial charge on any atom is 0.254 e. The second kappa shape index (κ2) is 39.4. The zero-order chi connectivity index (χ0) is 58.4. The van der Waals surface area contributed by atoms with Crippen LogP contribution in [0.15, 0.2) is 182 Å². The maximum absolute atomic E-state index is 14.1. The van der Waals surface area contributed by atoms with E-state index in [0.717, 1.165) is 123 Å². The average Bonchev–Trinajstić information content (AvgIpc) is 3.53. The van der Waals surface area contributed by atoms with E-state index in [9.17, 15) is 4.79 Å². The van der Waals surface area contributed by atoms with Gasteiger partial charge in [0.05, 0.1) is 6.61 Å². The molecule has 0 heterocycles. The fraction of sp³-hybridized carbons (Fsp3) is 0.411. The van der Waals surface area contributed by atoms with Crippen molar-refractivity contribution in [2.24, 2.45) is 0 Å². The summed E-state index contributed by atoms with van der Waals surface area (Å²) in [5, 5.41) is 3.63. The molecule has 10 nitrogen and oxygen atoms in total. The van der Waals surface area contributed by atoms with Crippen molar-refractivity contribution in [1.82, 2.24) is 20.0 Å². The molecule has 0 aliphatic carbocycles. The lowest BCUT2D eigenvalue weighted by Crippen LogP contribution is -2.39. The van der Waals surface area contributed by atoms with Gasteiger partial charge in [-0.2, -0.15) is 0 Å². The fourth-order valence-electron chi connectivity index (χ4n) is 9.33. The number of nitrogens with zero attached hydrogens (tertiary/aromatic N) is 3. The molecule has 0 bridgehead atoms. The Labute approximate surface area is 499 Å². The largest absolute Gasteiger partial charge is 0.494 e. The van der Waals surface area contributed by atoms with Crippen LogP contribution in [-0.4, -0.2) is 79.6 Å². The highest BCUT2D eigenvalue weighted by Crippen LogP contribution is 2.32. The SMILES string of the molecule is CCCCN(CCCC)CCNCc1ccc(OCc2ccccc2)c(OCc2ccccc2)c1.CCCCOc1ccc(C(=O)N(CCN(CCCC)CCCC)Cc2ccc(OCc3ccccc3)c(OCc3ccccc3)c2)cc1. The summed E-state index contributed by atoms with van der Waals surface area (Å²) in [7, 11) is 0. The van der Waals surface area contributed by atoms with E-state index >= 15 is 0 Å². The van der Waals surface area contributed by atoms with Gasteiger partial charge in [0.2, 0.25) is 0 Å². The van der Waals surface area contributed by atoms with Crippen LogP contribution in [0.3, 0.4) is 0 Å². The molecule has 0 aliphatic rings. The normalized spacial score (nSPS) is 11.0. The fourth-order valence-corrected chi connectivity index (χ4v) is 9.33. The zero-order valence-electron chi connectivity index (χ0n) is 50.8. The first-order valence-corrected chi connectivity index (χ1v) is 31.0. The maximum atomic E-state index is 14.1. The number of hydrogen-bond donors (Lipinski definition) is 1. The van der Waals surface area contributed by atoms with Crippen molar-refractivity contribution in [2.45, 2.75) is 138 Å². The lowest BCUT2D eigenvalue weighted by atomic mass is 10.1. The number of amides is 1. The number of rotatable bonds is 39. The van der Waals surface area contributed by atoms with E-state index in [0.29, 0.717) is 63.2 Å². The van der Waals surface area contributed by atoms with Crippen LogP contribution in [0, 0.1) is 0 Å². The molecule has 444 valence electrons. The first-order chi connectivity index (χ1) is 40.9. The first-order valence-electron chi connectivity index (χ1n) is 31.0. The Kier molecular flexibility index (Phi) is 30.9. The van der Waals surface area contributed by atoms with E-state index in [-0.39, 0.29) is 5.91 Å². The van der Waals surface area contributed by atoms with Gasteiger partial charge in [0.1, 0.15) is 32.2 Å². The molecule has 0 radical (unpaired) electrons. The van der Waals surface area contributed by atoms with Gasteiger partial charge in [-0.15, -0.1) is 0 Å². The Balaban J connectivity index is 0.000000280. The molecule has 0 aromatic heterocycles.